The maximum atomic E-state index is 12.2. The molecule has 3 nitrogen and oxygen atoms in total. The summed E-state index contributed by atoms with van der Waals surface area (Å²) >= 11 is 1.70. The van der Waals surface area contributed by atoms with Gasteiger partial charge in [-0.1, -0.05) is 42.5 Å². The number of fused-ring (bicyclic) bond motifs is 2. The highest BCUT2D eigenvalue weighted by molar-refractivity contribution is 7.99. The van der Waals surface area contributed by atoms with Gasteiger partial charge < -0.3 is 4.98 Å². The summed E-state index contributed by atoms with van der Waals surface area (Å²) in [6.07, 6.45) is 0. The van der Waals surface area contributed by atoms with Crippen molar-refractivity contribution in [3.8, 4) is 0 Å². The minimum absolute atomic E-state index is 0.0588. The molecule has 4 rings (SSSR count). The molecule has 1 aromatic heterocycles. The second-order valence-electron chi connectivity index (χ2n) is 5.74. The van der Waals surface area contributed by atoms with Crippen LogP contribution in [0.1, 0.15) is 18.0 Å². The van der Waals surface area contributed by atoms with Gasteiger partial charge in [-0.25, -0.2) is 4.98 Å². The molecule has 0 aliphatic heterocycles. The maximum Gasteiger partial charge on any atom is 0.258 e. The average Bonchev–Trinajstić information content (AvgIpc) is 2.61. The Hall–Kier alpha value is -2.59. The van der Waals surface area contributed by atoms with Gasteiger partial charge in [0.1, 0.15) is 5.82 Å². The van der Waals surface area contributed by atoms with Gasteiger partial charge in [0.15, 0.2) is 0 Å². The van der Waals surface area contributed by atoms with Crippen LogP contribution in [0.5, 0.6) is 0 Å². The van der Waals surface area contributed by atoms with Crippen LogP contribution < -0.4 is 5.56 Å². The van der Waals surface area contributed by atoms with E-state index in [9.17, 15) is 4.79 Å². The highest BCUT2D eigenvalue weighted by Gasteiger charge is 2.12. The van der Waals surface area contributed by atoms with Crippen LogP contribution in [0.3, 0.4) is 0 Å². The smallest absolute Gasteiger partial charge is 0.258 e. The highest BCUT2D eigenvalue weighted by atomic mass is 32.2. The van der Waals surface area contributed by atoms with E-state index in [0.717, 1.165) is 10.4 Å². The topological polar surface area (TPSA) is 45.8 Å². The lowest BCUT2D eigenvalue weighted by atomic mass is 10.1. The number of H-pyrrole nitrogens is 1. The van der Waals surface area contributed by atoms with Crippen molar-refractivity contribution in [1.82, 2.24) is 9.97 Å². The van der Waals surface area contributed by atoms with Gasteiger partial charge >= 0.3 is 0 Å². The number of aromatic nitrogens is 2. The molecule has 0 aliphatic carbocycles. The summed E-state index contributed by atoms with van der Waals surface area (Å²) in [5.41, 5.74) is 0.656. The lowest BCUT2D eigenvalue weighted by Crippen LogP contribution is -2.12. The third kappa shape index (κ3) is 2.81. The van der Waals surface area contributed by atoms with Crippen LogP contribution in [0, 0.1) is 0 Å². The van der Waals surface area contributed by atoms with Crippen molar-refractivity contribution in [3.63, 3.8) is 0 Å². The van der Waals surface area contributed by atoms with Crippen LogP contribution in [-0.4, -0.2) is 9.97 Å². The number of nitrogens with one attached hydrogen (secondary N) is 1. The molecule has 0 saturated heterocycles. The van der Waals surface area contributed by atoms with Crippen molar-refractivity contribution in [2.24, 2.45) is 0 Å². The van der Waals surface area contributed by atoms with Gasteiger partial charge in [-0.15, -0.1) is 11.8 Å². The first kappa shape index (κ1) is 15.0. The molecule has 3 aromatic carbocycles. The fourth-order valence-corrected chi connectivity index (χ4v) is 3.77. The molecule has 0 bridgehead atoms. The van der Waals surface area contributed by atoms with Crippen molar-refractivity contribution in [1.29, 1.82) is 0 Å². The largest absolute Gasteiger partial charge is 0.309 e. The van der Waals surface area contributed by atoms with Gasteiger partial charge in [0.2, 0.25) is 0 Å². The number of rotatable bonds is 3. The predicted octanol–water partition coefficient (Wildman–Crippen LogP) is 4.93. The first-order chi connectivity index (χ1) is 11.7. The fourth-order valence-electron chi connectivity index (χ4n) is 2.80. The van der Waals surface area contributed by atoms with Crippen molar-refractivity contribution < 1.29 is 0 Å². The van der Waals surface area contributed by atoms with E-state index in [2.05, 4.69) is 47.2 Å². The molecule has 4 heteroatoms. The zero-order chi connectivity index (χ0) is 16.5. The van der Waals surface area contributed by atoms with Gasteiger partial charge in [-0.05, 0) is 42.0 Å². The molecule has 1 unspecified atom stereocenters. The lowest BCUT2D eigenvalue weighted by Gasteiger charge is -2.12. The molecule has 0 fully saturated rings. The Labute approximate surface area is 143 Å². The molecule has 24 heavy (non-hydrogen) atoms. The van der Waals surface area contributed by atoms with Crippen LogP contribution in [0.15, 0.2) is 76.4 Å². The zero-order valence-corrected chi connectivity index (χ0v) is 14.0. The molecular formula is C20H16N2OS. The molecule has 0 spiro atoms. The highest BCUT2D eigenvalue weighted by Crippen LogP contribution is 2.34. The van der Waals surface area contributed by atoms with E-state index in [0.29, 0.717) is 11.2 Å². The summed E-state index contributed by atoms with van der Waals surface area (Å²) in [4.78, 5) is 20.9. The zero-order valence-electron chi connectivity index (χ0n) is 13.2. The lowest BCUT2D eigenvalue weighted by molar-refractivity contribution is 0.923. The van der Waals surface area contributed by atoms with E-state index in [-0.39, 0.29) is 10.8 Å². The molecule has 0 aliphatic rings. The number of hydrogen-bond acceptors (Lipinski definition) is 3. The minimum atomic E-state index is -0.0819. The van der Waals surface area contributed by atoms with E-state index in [1.165, 1.54) is 10.8 Å². The minimum Gasteiger partial charge on any atom is -0.309 e. The van der Waals surface area contributed by atoms with Crippen LogP contribution >= 0.6 is 11.8 Å². The van der Waals surface area contributed by atoms with Crippen molar-refractivity contribution >= 4 is 33.4 Å². The van der Waals surface area contributed by atoms with Gasteiger partial charge in [-0.3, -0.25) is 4.79 Å². The SMILES string of the molecule is CC(Sc1ccc2ccccc2c1)c1nc2ccccc2c(=O)[nH]1. The summed E-state index contributed by atoms with van der Waals surface area (Å²) in [5.74, 6) is 0.705. The molecule has 118 valence electrons. The molecule has 1 N–H and O–H groups in total. The number of para-hydroxylation sites is 1. The number of aromatic amines is 1. The molecule has 4 aromatic rings. The van der Waals surface area contributed by atoms with E-state index in [1.54, 1.807) is 17.8 Å². The molecule has 1 atom stereocenters. The Balaban J connectivity index is 1.67. The summed E-state index contributed by atoms with van der Waals surface area (Å²) < 4.78 is 0. The Kier molecular flexibility index (Phi) is 3.82. The summed E-state index contributed by atoms with van der Waals surface area (Å²) in [7, 11) is 0. The quantitative estimate of drug-likeness (QED) is 0.541. The number of hydrogen-bond donors (Lipinski definition) is 1. The molecule has 0 radical (unpaired) electrons. The van der Waals surface area contributed by atoms with E-state index in [1.807, 2.05) is 30.3 Å². The summed E-state index contributed by atoms with van der Waals surface area (Å²) in [6, 6.07) is 22.2. The number of nitrogens with zero attached hydrogens (tertiary/aromatic N) is 1. The first-order valence-corrected chi connectivity index (χ1v) is 8.73. The summed E-state index contributed by atoms with van der Waals surface area (Å²) in [6.45, 7) is 2.06. The van der Waals surface area contributed by atoms with Crippen LogP contribution in [0.25, 0.3) is 21.7 Å². The average molecular weight is 332 g/mol. The number of thioether (sulfide) groups is 1. The van der Waals surface area contributed by atoms with E-state index in [4.69, 9.17) is 0 Å². The maximum absolute atomic E-state index is 12.2. The van der Waals surface area contributed by atoms with Gasteiger partial charge in [0.25, 0.3) is 5.56 Å². The van der Waals surface area contributed by atoms with Gasteiger partial charge in [0.05, 0.1) is 16.2 Å². The Morgan fingerprint density at radius 3 is 2.58 bits per heavy atom. The monoisotopic (exact) mass is 332 g/mol. The molecular weight excluding hydrogens is 316 g/mol. The number of benzene rings is 3. The van der Waals surface area contributed by atoms with Crippen LogP contribution in [-0.2, 0) is 0 Å². The van der Waals surface area contributed by atoms with Gasteiger partial charge in [-0.2, -0.15) is 0 Å². The third-order valence-corrected chi connectivity index (χ3v) is 5.15. The first-order valence-electron chi connectivity index (χ1n) is 7.85. The molecule has 0 saturated carbocycles. The van der Waals surface area contributed by atoms with E-state index >= 15 is 0 Å². The van der Waals surface area contributed by atoms with Crippen LogP contribution in [0.4, 0.5) is 0 Å². The normalized spacial score (nSPS) is 12.5. The summed E-state index contributed by atoms with van der Waals surface area (Å²) in [5, 5.41) is 3.13. The second-order valence-corrected chi connectivity index (χ2v) is 7.15. The Morgan fingerprint density at radius 2 is 1.71 bits per heavy atom. The molecule has 0 amide bonds. The van der Waals surface area contributed by atoms with Crippen molar-refractivity contribution in [2.75, 3.05) is 0 Å². The Morgan fingerprint density at radius 1 is 0.958 bits per heavy atom. The van der Waals surface area contributed by atoms with E-state index < -0.39 is 0 Å². The predicted molar refractivity (Wildman–Crippen MR) is 101 cm³/mol. The Bertz CT molecular complexity index is 1090. The van der Waals surface area contributed by atoms with Crippen LogP contribution in [0.2, 0.25) is 0 Å². The second kappa shape index (κ2) is 6.13. The third-order valence-electron chi connectivity index (χ3n) is 4.05. The van der Waals surface area contributed by atoms with Crippen molar-refractivity contribution in [2.45, 2.75) is 17.1 Å². The standard InChI is InChI=1S/C20H16N2OS/c1-13(19-21-18-9-5-4-8-17(18)20(23)22-19)24-16-11-10-14-6-2-3-7-15(14)12-16/h2-13H,1H3,(H,21,22,23). The molecule has 1 heterocycles. The fraction of sp³-hybridized carbons (Fsp3) is 0.100. The van der Waals surface area contributed by atoms with Gasteiger partial charge in [0, 0.05) is 4.90 Å². The van der Waals surface area contributed by atoms with Crippen molar-refractivity contribution in [3.05, 3.63) is 82.9 Å².